The summed E-state index contributed by atoms with van der Waals surface area (Å²) in [5.74, 6) is -0.818. The fraction of sp³-hybridized carbons (Fsp3) is 0.500. The van der Waals surface area contributed by atoms with Crippen molar-refractivity contribution in [1.82, 2.24) is 5.32 Å². The van der Waals surface area contributed by atoms with Crippen LogP contribution in [0.2, 0.25) is 0 Å². The number of ether oxygens (including phenoxy) is 1. The molecular weight excluding hydrogens is 308 g/mol. The minimum absolute atomic E-state index is 0.0600. The number of hydrogen-bond donors (Lipinski definition) is 1. The molecule has 2 amide bonds. The molecule has 6 nitrogen and oxygen atoms in total. The van der Waals surface area contributed by atoms with Crippen molar-refractivity contribution >= 4 is 23.5 Å². The standard InChI is InChI=1S/C18H24N2O4/c1-3-6-13(2)19-16(21)12-24-18(23)14-7-4-8-15(11-14)20-10-5-9-17(20)22/h4,7-8,11,13H,3,5-6,9-10,12H2,1-2H3,(H,19,21)/t13-/m0/s1. The van der Waals surface area contributed by atoms with E-state index in [0.717, 1.165) is 19.3 Å². The largest absolute Gasteiger partial charge is 0.452 e. The highest BCUT2D eigenvalue weighted by Gasteiger charge is 2.22. The van der Waals surface area contributed by atoms with Crippen LogP contribution in [-0.4, -0.2) is 37.0 Å². The molecule has 0 unspecified atom stereocenters. The number of nitrogens with zero attached hydrogens (tertiary/aromatic N) is 1. The molecule has 1 heterocycles. The van der Waals surface area contributed by atoms with Crippen molar-refractivity contribution in [2.75, 3.05) is 18.1 Å². The highest BCUT2D eigenvalue weighted by molar-refractivity contribution is 5.97. The number of carbonyl (C=O) groups excluding carboxylic acids is 3. The van der Waals surface area contributed by atoms with Gasteiger partial charge in [-0.05, 0) is 38.0 Å². The minimum Gasteiger partial charge on any atom is -0.452 e. The Hall–Kier alpha value is -2.37. The maximum Gasteiger partial charge on any atom is 0.338 e. The van der Waals surface area contributed by atoms with Crippen molar-refractivity contribution in [2.45, 2.75) is 45.6 Å². The molecule has 1 aliphatic heterocycles. The van der Waals surface area contributed by atoms with Gasteiger partial charge in [-0.1, -0.05) is 19.4 Å². The molecular formula is C18H24N2O4. The SMILES string of the molecule is CCC[C@H](C)NC(=O)COC(=O)c1cccc(N2CCCC2=O)c1. The second-order valence-electron chi connectivity index (χ2n) is 6.03. The molecule has 130 valence electrons. The number of esters is 1. The lowest BCUT2D eigenvalue weighted by Crippen LogP contribution is -2.35. The van der Waals surface area contributed by atoms with E-state index in [4.69, 9.17) is 4.74 Å². The Kier molecular flexibility index (Phi) is 6.35. The summed E-state index contributed by atoms with van der Waals surface area (Å²) in [7, 11) is 0. The Morgan fingerprint density at radius 3 is 2.83 bits per heavy atom. The predicted octanol–water partition coefficient (Wildman–Crippen LogP) is 2.28. The Labute approximate surface area is 142 Å². The molecule has 0 spiro atoms. The van der Waals surface area contributed by atoms with Gasteiger partial charge in [0.05, 0.1) is 5.56 Å². The number of anilines is 1. The predicted molar refractivity (Wildman–Crippen MR) is 90.8 cm³/mol. The first-order valence-electron chi connectivity index (χ1n) is 8.38. The third kappa shape index (κ3) is 4.81. The molecule has 6 heteroatoms. The van der Waals surface area contributed by atoms with Gasteiger partial charge >= 0.3 is 5.97 Å². The van der Waals surface area contributed by atoms with Crippen molar-refractivity contribution < 1.29 is 19.1 Å². The van der Waals surface area contributed by atoms with Crippen LogP contribution in [0.4, 0.5) is 5.69 Å². The zero-order valence-electron chi connectivity index (χ0n) is 14.2. The molecule has 0 aromatic heterocycles. The summed E-state index contributed by atoms with van der Waals surface area (Å²) in [5, 5.41) is 2.78. The van der Waals surface area contributed by atoms with Crippen LogP contribution in [0.25, 0.3) is 0 Å². The van der Waals surface area contributed by atoms with Crippen molar-refractivity contribution in [3.8, 4) is 0 Å². The van der Waals surface area contributed by atoms with Crippen LogP contribution in [0.1, 0.15) is 49.9 Å². The van der Waals surface area contributed by atoms with Gasteiger partial charge in [-0.15, -0.1) is 0 Å². The van der Waals surface area contributed by atoms with Crippen LogP contribution in [0.15, 0.2) is 24.3 Å². The summed E-state index contributed by atoms with van der Waals surface area (Å²) in [6.07, 6.45) is 3.21. The van der Waals surface area contributed by atoms with Gasteiger partial charge in [-0.3, -0.25) is 9.59 Å². The summed E-state index contributed by atoms with van der Waals surface area (Å²) in [6, 6.07) is 6.80. The average Bonchev–Trinajstić information content (AvgIpc) is 2.99. The Balaban J connectivity index is 1.90. The van der Waals surface area contributed by atoms with Crippen molar-refractivity contribution in [2.24, 2.45) is 0 Å². The first kappa shape index (κ1) is 18.0. The van der Waals surface area contributed by atoms with Crippen molar-refractivity contribution in [3.63, 3.8) is 0 Å². The van der Waals surface area contributed by atoms with Gasteiger partial charge in [-0.2, -0.15) is 0 Å². The molecule has 1 aliphatic rings. The summed E-state index contributed by atoms with van der Waals surface area (Å²) < 4.78 is 5.06. The van der Waals surface area contributed by atoms with Crippen LogP contribution in [0.5, 0.6) is 0 Å². The quantitative estimate of drug-likeness (QED) is 0.777. The lowest BCUT2D eigenvalue weighted by molar-refractivity contribution is -0.124. The number of hydrogen-bond acceptors (Lipinski definition) is 4. The lowest BCUT2D eigenvalue weighted by atomic mass is 10.2. The zero-order valence-corrected chi connectivity index (χ0v) is 14.2. The maximum absolute atomic E-state index is 12.1. The van der Waals surface area contributed by atoms with E-state index >= 15 is 0 Å². The summed E-state index contributed by atoms with van der Waals surface area (Å²) >= 11 is 0. The van der Waals surface area contributed by atoms with Crippen LogP contribution < -0.4 is 10.2 Å². The van der Waals surface area contributed by atoms with Crippen LogP contribution in [-0.2, 0) is 14.3 Å². The van der Waals surface area contributed by atoms with Gasteiger partial charge < -0.3 is 15.0 Å². The summed E-state index contributed by atoms with van der Waals surface area (Å²) in [4.78, 5) is 37.3. The fourth-order valence-corrected chi connectivity index (χ4v) is 2.76. The topological polar surface area (TPSA) is 75.7 Å². The highest BCUT2D eigenvalue weighted by Crippen LogP contribution is 2.22. The second kappa shape index (κ2) is 8.47. The monoisotopic (exact) mass is 332 g/mol. The van der Waals surface area contributed by atoms with E-state index in [-0.39, 0.29) is 24.5 Å². The van der Waals surface area contributed by atoms with Crippen LogP contribution in [0, 0.1) is 0 Å². The zero-order chi connectivity index (χ0) is 17.5. The molecule has 0 saturated carbocycles. The van der Waals surface area contributed by atoms with Crippen LogP contribution >= 0.6 is 0 Å². The molecule has 1 N–H and O–H groups in total. The molecule has 2 rings (SSSR count). The van der Waals surface area contributed by atoms with Crippen molar-refractivity contribution in [3.05, 3.63) is 29.8 Å². The lowest BCUT2D eigenvalue weighted by Gasteiger charge is -2.16. The first-order valence-corrected chi connectivity index (χ1v) is 8.38. The molecule has 1 aromatic carbocycles. The molecule has 1 atom stereocenters. The fourth-order valence-electron chi connectivity index (χ4n) is 2.76. The van der Waals surface area contributed by atoms with Crippen LogP contribution in [0.3, 0.4) is 0 Å². The summed E-state index contributed by atoms with van der Waals surface area (Å²) in [6.45, 7) is 4.31. The number of rotatable bonds is 7. The Morgan fingerprint density at radius 1 is 1.38 bits per heavy atom. The van der Waals surface area contributed by atoms with Gasteiger partial charge in [0, 0.05) is 24.7 Å². The van der Waals surface area contributed by atoms with E-state index in [0.29, 0.717) is 24.2 Å². The molecule has 0 bridgehead atoms. The third-order valence-electron chi connectivity index (χ3n) is 3.93. The Bertz CT molecular complexity index is 615. The molecule has 0 radical (unpaired) electrons. The molecule has 1 aromatic rings. The van der Waals surface area contributed by atoms with E-state index in [1.54, 1.807) is 29.2 Å². The van der Waals surface area contributed by atoms with Gasteiger partial charge in [-0.25, -0.2) is 4.79 Å². The number of nitrogens with one attached hydrogen (secondary N) is 1. The second-order valence-corrected chi connectivity index (χ2v) is 6.03. The maximum atomic E-state index is 12.1. The normalized spacial score (nSPS) is 15.2. The number of carbonyl (C=O) groups is 3. The highest BCUT2D eigenvalue weighted by atomic mass is 16.5. The van der Waals surface area contributed by atoms with Gasteiger partial charge in [0.25, 0.3) is 5.91 Å². The first-order chi connectivity index (χ1) is 11.5. The van der Waals surface area contributed by atoms with Gasteiger partial charge in [0.1, 0.15) is 0 Å². The van der Waals surface area contributed by atoms with E-state index in [2.05, 4.69) is 5.32 Å². The summed E-state index contributed by atoms with van der Waals surface area (Å²) in [5.41, 5.74) is 1.02. The van der Waals surface area contributed by atoms with E-state index < -0.39 is 5.97 Å². The average molecular weight is 332 g/mol. The van der Waals surface area contributed by atoms with Crippen molar-refractivity contribution in [1.29, 1.82) is 0 Å². The smallest absolute Gasteiger partial charge is 0.338 e. The number of amides is 2. The van der Waals surface area contributed by atoms with E-state index in [1.165, 1.54) is 0 Å². The third-order valence-corrected chi connectivity index (χ3v) is 3.93. The number of benzene rings is 1. The van der Waals surface area contributed by atoms with Gasteiger partial charge in [0.15, 0.2) is 6.61 Å². The molecule has 24 heavy (non-hydrogen) atoms. The molecule has 0 aliphatic carbocycles. The Morgan fingerprint density at radius 2 is 2.17 bits per heavy atom. The molecule has 1 saturated heterocycles. The van der Waals surface area contributed by atoms with Gasteiger partial charge in [0.2, 0.25) is 5.91 Å². The van der Waals surface area contributed by atoms with E-state index in [9.17, 15) is 14.4 Å². The van der Waals surface area contributed by atoms with E-state index in [1.807, 2.05) is 13.8 Å². The molecule has 1 fully saturated rings. The minimum atomic E-state index is -0.568.